The Morgan fingerprint density at radius 2 is 1.73 bits per heavy atom. The molecule has 8 nitrogen and oxygen atoms in total. The third-order valence-electron chi connectivity index (χ3n) is 4.73. The van der Waals surface area contributed by atoms with Crippen molar-refractivity contribution < 1.29 is 39.1 Å². The third-order valence-corrected chi connectivity index (χ3v) is 5.49. The Kier molecular flexibility index (Phi) is 7.88. The van der Waals surface area contributed by atoms with Crippen LogP contribution in [0.2, 0.25) is 10.0 Å². The van der Waals surface area contributed by atoms with E-state index in [1.54, 1.807) is 13.8 Å². The number of aromatic hydroxyl groups is 2. The van der Waals surface area contributed by atoms with Crippen LogP contribution in [0, 0.1) is 0 Å². The van der Waals surface area contributed by atoms with Crippen LogP contribution in [-0.2, 0) is 25.4 Å². The van der Waals surface area contributed by atoms with Crippen LogP contribution in [0.1, 0.15) is 50.5 Å². The first-order valence-corrected chi connectivity index (χ1v) is 10.3. The molecule has 0 radical (unpaired) electrons. The molecule has 3 N–H and O–H groups in total. The van der Waals surface area contributed by atoms with Gasteiger partial charge < -0.3 is 34.3 Å². The molecular formula is C20H28Cl2O8. The van der Waals surface area contributed by atoms with Gasteiger partial charge in [0.05, 0.1) is 16.7 Å². The van der Waals surface area contributed by atoms with Crippen molar-refractivity contribution in [3.63, 3.8) is 0 Å². The van der Waals surface area contributed by atoms with Crippen LogP contribution < -0.4 is 0 Å². The molecule has 0 unspecified atom stereocenters. The lowest BCUT2D eigenvalue weighted by molar-refractivity contribution is -0.317. The van der Waals surface area contributed by atoms with Crippen LogP contribution in [0.25, 0.3) is 0 Å². The van der Waals surface area contributed by atoms with Gasteiger partial charge >= 0.3 is 5.97 Å². The van der Waals surface area contributed by atoms with Gasteiger partial charge in [-0.1, -0.05) is 30.1 Å². The first kappa shape index (κ1) is 25.0. The molecule has 0 saturated carbocycles. The Balaban J connectivity index is 2.43. The Bertz CT molecular complexity index is 792. The lowest BCUT2D eigenvalue weighted by atomic mass is 9.98. The molecule has 0 spiro atoms. The highest BCUT2D eigenvalue weighted by Crippen LogP contribution is 2.45. The number of aliphatic hydroxyl groups is 1. The molecule has 1 fully saturated rings. The van der Waals surface area contributed by atoms with Gasteiger partial charge in [-0.3, -0.25) is 0 Å². The molecule has 1 aromatic rings. The average molecular weight is 467 g/mol. The zero-order valence-corrected chi connectivity index (χ0v) is 19.2. The minimum absolute atomic E-state index is 0.159. The van der Waals surface area contributed by atoms with Gasteiger partial charge in [-0.25, -0.2) is 4.79 Å². The molecule has 10 heteroatoms. The van der Waals surface area contributed by atoms with Crippen molar-refractivity contribution in [2.45, 2.75) is 77.3 Å². The number of ether oxygens (including phenoxy) is 4. The van der Waals surface area contributed by atoms with E-state index in [1.807, 2.05) is 20.8 Å². The van der Waals surface area contributed by atoms with Crippen molar-refractivity contribution in [1.29, 1.82) is 0 Å². The van der Waals surface area contributed by atoms with Crippen molar-refractivity contribution in [3.8, 4) is 11.5 Å². The number of carbonyl (C=O) groups is 1. The van der Waals surface area contributed by atoms with Crippen LogP contribution >= 0.6 is 23.2 Å². The number of benzene rings is 1. The molecular weight excluding hydrogens is 439 g/mol. The zero-order valence-electron chi connectivity index (χ0n) is 17.7. The number of aliphatic hydroxyl groups excluding tert-OH is 1. The molecule has 1 aliphatic heterocycles. The molecule has 1 heterocycles. The van der Waals surface area contributed by atoms with Gasteiger partial charge in [0.2, 0.25) is 0 Å². The number of halogens is 2. The van der Waals surface area contributed by atoms with E-state index in [4.69, 9.17) is 42.1 Å². The summed E-state index contributed by atoms with van der Waals surface area (Å²) in [4.78, 5) is 13.0. The zero-order chi connectivity index (χ0) is 23.0. The Morgan fingerprint density at radius 3 is 2.23 bits per heavy atom. The van der Waals surface area contributed by atoms with E-state index in [2.05, 4.69) is 0 Å². The summed E-state index contributed by atoms with van der Waals surface area (Å²) in [5.41, 5.74) is -0.726. The molecule has 5 atom stereocenters. The number of phenols is 2. The maximum Gasteiger partial charge on any atom is 0.342 e. The second-order valence-electron chi connectivity index (χ2n) is 8.03. The molecule has 0 amide bonds. The summed E-state index contributed by atoms with van der Waals surface area (Å²) in [6.45, 7) is 8.77. The number of phenolic OH excluding ortho intramolecular Hbond substituents is 2. The molecule has 170 valence electrons. The van der Waals surface area contributed by atoms with E-state index in [0.717, 1.165) is 0 Å². The number of hydrogen-bond acceptors (Lipinski definition) is 8. The fourth-order valence-corrected chi connectivity index (χ4v) is 3.82. The Hall–Kier alpha value is -1.29. The highest BCUT2D eigenvalue weighted by molar-refractivity contribution is 6.39. The molecule has 0 aromatic heterocycles. The summed E-state index contributed by atoms with van der Waals surface area (Å²) in [7, 11) is 1.37. The van der Waals surface area contributed by atoms with E-state index in [-0.39, 0.29) is 22.6 Å². The summed E-state index contributed by atoms with van der Waals surface area (Å²) in [6.07, 6.45) is -4.79. The second kappa shape index (κ2) is 9.46. The second-order valence-corrected chi connectivity index (χ2v) is 8.79. The van der Waals surface area contributed by atoms with E-state index in [0.29, 0.717) is 0 Å². The fourth-order valence-electron chi connectivity index (χ4n) is 3.26. The molecule has 1 aromatic carbocycles. The van der Waals surface area contributed by atoms with Crippen molar-refractivity contribution >= 4 is 29.2 Å². The number of hydrogen-bond donors (Lipinski definition) is 3. The minimum Gasteiger partial charge on any atom is -0.505 e. The Labute approximate surface area is 185 Å². The van der Waals surface area contributed by atoms with Crippen molar-refractivity contribution in [2.75, 3.05) is 7.11 Å². The van der Waals surface area contributed by atoms with Crippen molar-refractivity contribution in [3.05, 3.63) is 21.2 Å². The van der Waals surface area contributed by atoms with Crippen LogP contribution in [0.15, 0.2) is 0 Å². The molecule has 0 bridgehead atoms. The monoisotopic (exact) mass is 466 g/mol. The van der Waals surface area contributed by atoms with Gasteiger partial charge in [-0.2, -0.15) is 0 Å². The van der Waals surface area contributed by atoms with Gasteiger partial charge in [0.25, 0.3) is 0 Å². The van der Waals surface area contributed by atoms with Crippen LogP contribution in [0.5, 0.6) is 11.5 Å². The quantitative estimate of drug-likeness (QED) is 0.565. The summed E-state index contributed by atoms with van der Waals surface area (Å²) in [6, 6.07) is 0. The highest BCUT2D eigenvalue weighted by Gasteiger charge is 2.48. The van der Waals surface area contributed by atoms with E-state index >= 15 is 0 Å². The van der Waals surface area contributed by atoms with Gasteiger partial charge in [0.1, 0.15) is 22.8 Å². The average Bonchev–Trinajstić information content (AvgIpc) is 2.65. The van der Waals surface area contributed by atoms with Crippen molar-refractivity contribution in [1.82, 2.24) is 0 Å². The maximum absolute atomic E-state index is 13.0. The SMILES string of the molecule is CCc1c(Cl)c(O)c(Cl)c(O)c1C(=O)O[C@@H]1[C@@H](O)[C@H](C)O[C@H](OC(C)(C)C)[C@@H]1OC. The van der Waals surface area contributed by atoms with Crippen LogP contribution in [-0.4, -0.2) is 64.7 Å². The predicted molar refractivity (Wildman–Crippen MR) is 110 cm³/mol. The number of esters is 1. The molecule has 1 aliphatic rings. The normalized spacial score (nSPS) is 27.2. The van der Waals surface area contributed by atoms with Gasteiger partial charge in [0.15, 0.2) is 23.9 Å². The molecule has 2 rings (SSSR count). The fraction of sp³-hybridized carbons (Fsp3) is 0.650. The largest absolute Gasteiger partial charge is 0.505 e. The predicted octanol–water partition coefficient (Wildman–Crippen LogP) is 3.43. The third kappa shape index (κ3) is 4.95. The smallest absolute Gasteiger partial charge is 0.342 e. The van der Waals surface area contributed by atoms with E-state index in [1.165, 1.54) is 7.11 Å². The summed E-state index contributed by atoms with van der Waals surface area (Å²) in [5.74, 6) is -2.17. The first-order chi connectivity index (χ1) is 13.8. The van der Waals surface area contributed by atoms with Gasteiger partial charge in [0, 0.05) is 7.11 Å². The lowest BCUT2D eigenvalue weighted by Gasteiger charge is -2.44. The van der Waals surface area contributed by atoms with Gasteiger partial charge in [-0.05, 0) is 39.7 Å². The van der Waals surface area contributed by atoms with E-state index < -0.39 is 58.8 Å². The Morgan fingerprint density at radius 1 is 1.13 bits per heavy atom. The van der Waals surface area contributed by atoms with E-state index in [9.17, 15) is 20.1 Å². The summed E-state index contributed by atoms with van der Waals surface area (Å²) < 4.78 is 22.5. The number of carbonyl (C=O) groups excluding carboxylic acids is 1. The summed E-state index contributed by atoms with van der Waals surface area (Å²) in [5, 5.41) is 30.3. The minimum atomic E-state index is -1.23. The molecule has 0 aliphatic carbocycles. The number of rotatable bonds is 5. The highest BCUT2D eigenvalue weighted by atomic mass is 35.5. The standard InChI is InChI=1S/C20H28Cl2O8/c1-7-9-10(14(24)12(22)15(25)11(9)21)18(26)29-16-13(23)8(2)28-19(17(16)27-6)30-20(3,4)5/h8,13,16-17,19,23-25H,7H2,1-6H3/t8-,13-,16+,17+,19+/m0/s1. The first-order valence-electron chi connectivity index (χ1n) is 9.50. The molecule has 1 saturated heterocycles. The topological polar surface area (TPSA) is 115 Å². The number of methoxy groups -OCH3 is 1. The van der Waals surface area contributed by atoms with Crippen LogP contribution in [0.4, 0.5) is 0 Å². The van der Waals surface area contributed by atoms with Crippen LogP contribution in [0.3, 0.4) is 0 Å². The summed E-state index contributed by atoms with van der Waals surface area (Å²) >= 11 is 12.0. The maximum atomic E-state index is 13.0. The molecule has 30 heavy (non-hydrogen) atoms. The van der Waals surface area contributed by atoms with Gasteiger partial charge in [-0.15, -0.1) is 0 Å². The lowest BCUT2D eigenvalue weighted by Crippen LogP contribution is -2.60. The van der Waals surface area contributed by atoms with Crippen molar-refractivity contribution in [2.24, 2.45) is 0 Å².